The first-order chi connectivity index (χ1) is 9.69. The lowest BCUT2D eigenvalue weighted by molar-refractivity contribution is 0.129. The normalized spacial score (nSPS) is 12.7. The minimum Gasteiger partial charge on any atom is -0.393 e. The number of nitrogens with zero attached hydrogens (tertiary/aromatic N) is 3. The summed E-state index contributed by atoms with van der Waals surface area (Å²) in [5, 5.41) is 14.9. The van der Waals surface area contributed by atoms with Gasteiger partial charge in [-0.15, -0.1) is 0 Å². The molecule has 1 heterocycles. The summed E-state index contributed by atoms with van der Waals surface area (Å²) in [4.78, 5) is 21.8. The molecule has 7 nitrogen and oxygen atoms in total. The zero-order valence-electron chi connectivity index (χ0n) is 13.3. The first-order valence-electron chi connectivity index (χ1n) is 6.92. The molecule has 0 saturated heterocycles. The molecular weight excluding hydrogens is 270 g/mol. The first-order valence-corrected chi connectivity index (χ1v) is 6.92. The molecule has 2 amide bonds. The Hall–Kier alpha value is -1.89. The summed E-state index contributed by atoms with van der Waals surface area (Å²) in [6, 6.07) is -0.310. The monoisotopic (exact) mass is 295 g/mol. The van der Waals surface area contributed by atoms with E-state index in [1.165, 1.54) is 0 Å². The molecule has 118 valence electrons. The lowest BCUT2D eigenvalue weighted by atomic mass is 9.87. The van der Waals surface area contributed by atoms with E-state index >= 15 is 0 Å². The highest BCUT2D eigenvalue weighted by molar-refractivity contribution is 5.88. The second-order valence-electron chi connectivity index (χ2n) is 6.19. The fourth-order valence-electron chi connectivity index (χ4n) is 1.98. The fraction of sp³-hybridized carbons (Fsp3) is 0.643. The number of amides is 2. The van der Waals surface area contributed by atoms with Gasteiger partial charge in [0, 0.05) is 20.6 Å². The van der Waals surface area contributed by atoms with Gasteiger partial charge in [0.25, 0.3) is 0 Å². The van der Waals surface area contributed by atoms with Gasteiger partial charge in [-0.2, -0.15) is 0 Å². The second-order valence-corrected chi connectivity index (χ2v) is 6.19. The van der Waals surface area contributed by atoms with Crippen molar-refractivity contribution in [3.8, 4) is 0 Å². The van der Waals surface area contributed by atoms with Crippen LogP contribution in [0.2, 0.25) is 0 Å². The van der Waals surface area contributed by atoms with Crippen molar-refractivity contribution >= 4 is 17.7 Å². The van der Waals surface area contributed by atoms with Crippen molar-refractivity contribution in [2.24, 2.45) is 5.41 Å². The third kappa shape index (κ3) is 6.40. The largest absolute Gasteiger partial charge is 0.393 e. The average Bonchev–Trinajstić information content (AvgIpc) is 2.36. The number of rotatable bonds is 6. The number of nitrogens with one attached hydrogen (secondary N) is 2. The van der Waals surface area contributed by atoms with Crippen LogP contribution in [-0.4, -0.2) is 47.8 Å². The highest BCUT2D eigenvalue weighted by Crippen LogP contribution is 2.21. The van der Waals surface area contributed by atoms with E-state index in [4.69, 9.17) is 0 Å². The number of carbonyl (C=O) groups is 1. The zero-order chi connectivity index (χ0) is 16.0. The average molecular weight is 295 g/mol. The molecule has 0 aliphatic rings. The molecule has 21 heavy (non-hydrogen) atoms. The van der Waals surface area contributed by atoms with Gasteiger partial charge in [0.15, 0.2) is 0 Å². The number of aromatic nitrogens is 2. The third-order valence-electron chi connectivity index (χ3n) is 2.87. The van der Waals surface area contributed by atoms with E-state index in [-0.39, 0.29) is 11.4 Å². The van der Waals surface area contributed by atoms with Crippen LogP contribution in [0.15, 0.2) is 12.4 Å². The highest BCUT2D eigenvalue weighted by atomic mass is 16.3. The zero-order valence-corrected chi connectivity index (χ0v) is 13.3. The van der Waals surface area contributed by atoms with Gasteiger partial charge in [-0.1, -0.05) is 13.8 Å². The Kier molecular flexibility index (Phi) is 5.90. The van der Waals surface area contributed by atoms with Crippen LogP contribution >= 0.6 is 0 Å². The molecule has 0 aromatic carbocycles. The van der Waals surface area contributed by atoms with E-state index < -0.39 is 6.10 Å². The Morgan fingerprint density at radius 2 is 1.95 bits per heavy atom. The Morgan fingerprint density at radius 3 is 2.43 bits per heavy atom. The maximum Gasteiger partial charge on any atom is 0.319 e. The van der Waals surface area contributed by atoms with Gasteiger partial charge < -0.3 is 20.6 Å². The van der Waals surface area contributed by atoms with Crippen molar-refractivity contribution in [3.05, 3.63) is 12.4 Å². The molecule has 1 aromatic rings. The van der Waals surface area contributed by atoms with Crippen LogP contribution in [0.3, 0.4) is 0 Å². The van der Waals surface area contributed by atoms with E-state index in [9.17, 15) is 9.90 Å². The fourth-order valence-corrected chi connectivity index (χ4v) is 1.98. The van der Waals surface area contributed by atoms with Crippen LogP contribution in [0.4, 0.5) is 16.4 Å². The number of aliphatic hydroxyl groups is 1. The topological polar surface area (TPSA) is 90.4 Å². The molecule has 7 heteroatoms. The van der Waals surface area contributed by atoms with Crippen LogP contribution in [-0.2, 0) is 0 Å². The Bertz CT molecular complexity index is 457. The molecule has 0 aliphatic heterocycles. The summed E-state index contributed by atoms with van der Waals surface area (Å²) in [6.45, 7) is 6.20. The summed E-state index contributed by atoms with van der Waals surface area (Å²) >= 11 is 0. The lowest BCUT2D eigenvalue weighted by Gasteiger charge is -2.26. The standard InChI is InChI=1S/C14H25N5O2/c1-10(20)6-14(2,3)9-17-13(21)18-11-7-15-12(16-8-11)19(4)5/h7-8,10,20H,6,9H2,1-5H3,(H2,17,18,21)/t10-/m1/s1. The van der Waals surface area contributed by atoms with Gasteiger partial charge in [0.1, 0.15) is 0 Å². The van der Waals surface area contributed by atoms with Crippen molar-refractivity contribution < 1.29 is 9.90 Å². The van der Waals surface area contributed by atoms with Gasteiger partial charge in [0.05, 0.1) is 24.2 Å². The SMILES string of the molecule is C[C@@H](O)CC(C)(C)CNC(=O)Nc1cnc(N(C)C)nc1. The van der Waals surface area contributed by atoms with E-state index in [0.29, 0.717) is 24.6 Å². The van der Waals surface area contributed by atoms with Crippen LogP contribution in [0.1, 0.15) is 27.2 Å². The van der Waals surface area contributed by atoms with Crippen LogP contribution in [0, 0.1) is 5.41 Å². The Balaban J connectivity index is 2.47. The summed E-state index contributed by atoms with van der Waals surface area (Å²) < 4.78 is 0. The minimum absolute atomic E-state index is 0.170. The van der Waals surface area contributed by atoms with Crippen molar-refractivity contribution in [1.29, 1.82) is 0 Å². The van der Waals surface area contributed by atoms with Crippen molar-refractivity contribution in [2.75, 3.05) is 30.9 Å². The number of hydrogen-bond acceptors (Lipinski definition) is 5. The molecule has 0 radical (unpaired) electrons. The van der Waals surface area contributed by atoms with Gasteiger partial charge in [-0.3, -0.25) is 0 Å². The molecule has 0 fully saturated rings. The molecule has 3 N–H and O–H groups in total. The molecule has 1 atom stereocenters. The number of aliphatic hydroxyl groups excluding tert-OH is 1. The lowest BCUT2D eigenvalue weighted by Crippen LogP contribution is -2.38. The summed E-state index contributed by atoms with van der Waals surface area (Å²) in [5.74, 6) is 0.582. The molecule has 0 spiro atoms. The molecule has 0 bridgehead atoms. The molecule has 0 unspecified atom stereocenters. The predicted octanol–water partition coefficient (Wildman–Crippen LogP) is 1.46. The van der Waals surface area contributed by atoms with E-state index in [1.807, 2.05) is 27.9 Å². The molecule has 0 aliphatic carbocycles. The van der Waals surface area contributed by atoms with Gasteiger partial charge in [0.2, 0.25) is 5.95 Å². The van der Waals surface area contributed by atoms with Gasteiger partial charge in [-0.05, 0) is 18.8 Å². The van der Waals surface area contributed by atoms with Crippen molar-refractivity contribution in [2.45, 2.75) is 33.3 Å². The molecule has 1 aromatic heterocycles. The van der Waals surface area contributed by atoms with Gasteiger partial charge >= 0.3 is 6.03 Å². The molecule has 0 saturated carbocycles. The van der Waals surface area contributed by atoms with Crippen molar-refractivity contribution in [3.63, 3.8) is 0 Å². The summed E-state index contributed by atoms with van der Waals surface area (Å²) in [7, 11) is 3.69. The Morgan fingerprint density at radius 1 is 1.38 bits per heavy atom. The van der Waals surface area contributed by atoms with E-state index in [2.05, 4.69) is 20.6 Å². The van der Waals surface area contributed by atoms with E-state index in [1.54, 1.807) is 24.2 Å². The third-order valence-corrected chi connectivity index (χ3v) is 2.87. The van der Waals surface area contributed by atoms with E-state index in [0.717, 1.165) is 0 Å². The molecule has 1 rings (SSSR count). The maximum absolute atomic E-state index is 11.8. The van der Waals surface area contributed by atoms with Crippen LogP contribution in [0.5, 0.6) is 0 Å². The smallest absolute Gasteiger partial charge is 0.319 e. The molecular formula is C14H25N5O2. The minimum atomic E-state index is -0.392. The van der Waals surface area contributed by atoms with Gasteiger partial charge in [-0.25, -0.2) is 14.8 Å². The number of hydrogen-bond donors (Lipinski definition) is 3. The number of anilines is 2. The second kappa shape index (κ2) is 7.21. The summed E-state index contributed by atoms with van der Waals surface area (Å²) in [5.41, 5.74) is 0.364. The van der Waals surface area contributed by atoms with Crippen LogP contribution in [0.25, 0.3) is 0 Å². The van der Waals surface area contributed by atoms with Crippen molar-refractivity contribution in [1.82, 2.24) is 15.3 Å². The Labute approximate surface area is 125 Å². The summed E-state index contributed by atoms with van der Waals surface area (Å²) in [6.07, 6.45) is 3.34. The predicted molar refractivity (Wildman–Crippen MR) is 83.5 cm³/mol. The maximum atomic E-state index is 11.8. The van der Waals surface area contributed by atoms with Crippen LogP contribution < -0.4 is 15.5 Å². The highest BCUT2D eigenvalue weighted by Gasteiger charge is 2.21. The number of urea groups is 1. The number of carbonyl (C=O) groups excluding carboxylic acids is 1. The quantitative estimate of drug-likeness (QED) is 0.739. The first kappa shape index (κ1) is 17.2.